The van der Waals surface area contributed by atoms with Gasteiger partial charge in [-0.25, -0.2) is 0 Å². The second-order valence-electron chi connectivity index (χ2n) is 9.53. The van der Waals surface area contributed by atoms with Gasteiger partial charge in [-0.05, 0) is 54.9 Å². The molecule has 2 aromatic carbocycles. The molecule has 0 saturated heterocycles. The van der Waals surface area contributed by atoms with Crippen LogP contribution >= 0.6 is 11.6 Å². The van der Waals surface area contributed by atoms with Gasteiger partial charge < -0.3 is 5.32 Å². The van der Waals surface area contributed by atoms with E-state index in [2.05, 4.69) is 33.6 Å². The highest BCUT2D eigenvalue weighted by molar-refractivity contribution is 6.32. The maximum Gasteiger partial charge on any atom is 0.253 e. The van der Waals surface area contributed by atoms with E-state index in [1.54, 1.807) is 12.3 Å². The van der Waals surface area contributed by atoms with Gasteiger partial charge in [-0.3, -0.25) is 14.5 Å². The fraction of sp³-hybridized carbons (Fsp3) is 0.296. The summed E-state index contributed by atoms with van der Waals surface area (Å²) in [5, 5.41) is 9.18. The lowest BCUT2D eigenvalue weighted by atomic mass is 9.54. The minimum Gasteiger partial charge on any atom is -0.349 e. The number of nitrogens with one attached hydrogen (secondary N) is 1. The summed E-state index contributed by atoms with van der Waals surface area (Å²) in [4.78, 5) is 17.9. The average Bonchev–Trinajstić information content (AvgIpc) is 3.17. The highest BCUT2D eigenvalue weighted by atomic mass is 35.5. The van der Waals surface area contributed by atoms with E-state index in [0.29, 0.717) is 22.5 Å². The third-order valence-corrected chi connectivity index (χ3v) is 7.51. The maximum atomic E-state index is 13.2. The van der Waals surface area contributed by atoms with Crippen molar-refractivity contribution in [2.24, 2.45) is 5.41 Å². The van der Waals surface area contributed by atoms with Crippen LogP contribution < -0.4 is 5.32 Å². The van der Waals surface area contributed by atoms with Crippen LogP contribution in [0.5, 0.6) is 0 Å². The van der Waals surface area contributed by atoms with Crippen LogP contribution in [0.1, 0.15) is 48.2 Å². The molecule has 2 aromatic heterocycles. The molecule has 0 atom stereocenters. The van der Waals surface area contributed by atoms with Crippen molar-refractivity contribution in [3.63, 3.8) is 0 Å². The molecule has 2 aliphatic rings. The van der Waals surface area contributed by atoms with Gasteiger partial charge in [-0.1, -0.05) is 54.4 Å². The molecule has 6 heteroatoms. The summed E-state index contributed by atoms with van der Waals surface area (Å²) in [5.74, 6) is -0.0733. The Bertz CT molecular complexity index is 1320. The zero-order chi connectivity index (χ0) is 22.4. The number of hydrogen-bond acceptors (Lipinski definition) is 3. The molecule has 2 aliphatic carbocycles. The van der Waals surface area contributed by atoms with Crippen LogP contribution in [0.25, 0.3) is 22.0 Å². The van der Waals surface area contributed by atoms with Gasteiger partial charge in [0, 0.05) is 28.2 Å². The van der Waals surface area contributed by atoms with Crippen LogP contribution in [0.4, 0.5) is 0 Å². The first-order valence-electron chi connectivity index (χ1n) is 11.5. The molecule has 166 valence electrons. The second-order valence-corrected chi connectivity index (χ2v) is 9.97. The number of nitrogens with zero attached hydrogens (tertiary/aromatic N) is 3. The van der Waals surface area contributed by atoms with Gasteiger partial charge in [0.2, 0.25) is 0 Å². The molecule has 0 bridgehead atoms. The number of hydrogen-bond donors (Lipinski definition) is 1. The van der Waals surface area contributed by atoms with Gasteiger partial charge in [0.1, 0.15) is 0 Å². The van der Waals surface area contributed by atoms with Crippen molar-refractivity contribution in [3.05, 3.63) is 83.3 Å². The maximum absolute atomic E-state index is 13.2. The Balaban J connectivity index is 1.25. The van der Waals surface area contributed by atoms with E-state index in [-0.39, 0.29) is 11.9 Å². The Morgan fingerprint density at radius 1 is 1.06 bits per heavy atom. The molecule has 1 spiro atoms. The Morgan fingerprint density at radius 3 is 2.58 bits per heavy atom. The Kier molecular flexibility index (Phi) is 4.95. The number of benzene rings is 2. The number of pyridine rings is 1. The van der Waals surface area contributed by atoms with Crippen molar-refractivity contribution in [1.29, 1.82) is 0 Å². The number of amides is 1. The number of carbonyl (C=O) groups is 1. The first-order valence-corrected chi connectivity index (χ1v) is 11.9. The summed E-state index contributed by atoms with van der Waals surface area (Å²) >= 11 is 6.34. The SMILES string of the molecule is O=C(NC1CC2(CCC2)C1)c1cc(Cl)cc2cnn(Cc3ccc(-c4ccccc4)cn3)c12. The molecule has 33 heavy (non-hydrogen) atoms. The van der Waals surface area contributed by atoms with Crippen LogP contribution in [0.3, 0.4) is 0 Å². The molecular weight excluding hydrogens is 432 g/mol. The van der Waals surface area contributed by atoms with Gasteiger partial charge in [0.05, 0.1) is 29.5 Å². The van der Waals surface area contributed by atoms with Gasteiger partial charge >= 0.3 is 0 Å². The largest absolute Gasteiger partial charge is 0.349 e. The first kappa shape index (κ1) is 20.4. The van der Waals surface area contributed by atoms with Crippen LogP contribution in [-0.4, -0.2) is 26.7 Å². The molecule has 5 nitrogen and oxygen atoms in total. The number of rotatable bonds is 5. The first-order chi connectivity index (χ1) is 16.1. The summed E-state index contributed by atoms with van der Waals surface area (Å²) in [7, 11) is 0. The number of aromatic nitrogens is 3. The molecule has 0 radical (unpaired) electrons. The second kappa shape index (κ2) is 7.99. The van der Waals surface area contributed by atoms with Crippen LogP contribution in [0.2, 0.25) is 5.02 Å². The van der Waals surface area contributed by atoms with Crippen molar-refractivity contribution in [3.8, 4) is 11.1 Å². The molecule has 2 saturated carbocycles. The minimum absolute atomic E-state index is 0.0733. The quantitative estimate of drug-likeness (QED) is 0.409. The van der Waals surface area contributed by atoms with Gasteiger partial charge in [0.25, 0.3) is 5.91 Å². The topological polar surface area (TPSA) is 59.8 Å². The van der Waals surface area contributed by atoms with Crippen molar-refractivity contribution in [2.45, 2.75) is 44.7 Å². The van der Waals surface area contributed by atoms with Crippen LogP contribution in [0.15, 0.2) is 67.0 Å². The van der Waals surface area contributed by atoms with E-state index in [9.17, 15) is 4.79 Å². The third-order valence-electron chi connectivity index (χ3n) is 7.29. The van der Waals surface area contributed by atoms with Crippen LogP contribution in [-0.2, 0) is 6.54 Å². The summed E-state index contributed by atoms with van der Waals surface area (Å²) in [6, 6.07) is 18.1. The predicted octanol–water partition coefficient (Wildman–Crippen LogP) is 5.86. The van der Waals surface area contributed by atoms with E-state index < -0.39 is 0 Å². The Morgan fingerprint density at radius 2 is 1.88 bits per heavy atom. The van der Waals surface area contributed by atoms with Crippen molar-refractivity contribution >= 4 is 28.4 Å². The molecule has 2 heterocycles. The number of halogens is 1. The fourth-order valence-corrected chi connectivity index (χ4v) is 5.62. The minimum atomic E-state index is -0.0733. The molecule has 0 unspecified atom stereocenters. The number of carbonyl (C=O) groups excluding carboxylic acids is 1. The summed E-state index contributed by atoms with van der Waals surface area (Å²) in [5.41, 5.74) is 4.97. The zero-order valence-corrected chi connectivity index (χ0v) is 19.1. The lowest BCUT2D eigenvalue weighted by Gasteiger charge is -2.54. The Labute approximate surface area is 197 Å². The van der Waals surface area contributed by atoms with E-state index in [1.807, 2.05) is 41.2 Å². The molecular formula is C27H25ClN4O. The van der Waals surface area contributed by atoms with E-state index in [1.165, 1.54) is 19.3 Å². The highest BCUT2D eigenvalue weighted by Gasteiger charge is 2.48. The standard InChI is InChI=1S/C27H25ClN4O/c28-21-11-20-16-30-32(17-22-8-7-19(15-29-22)18-5-2-1-3-6-18)25(20)24(12-21)26(33)31-23-13-27(14-23)9-4-10-27/h1-3,5-8,11-12,15-16,23H,4,9-10,13-14,17H2,(H,31,33). The Hall–Kier alpha value is -3.18. The van der Waals surface area contributed by atoms with Gasteiger partial charge in [-0.15, -0.1) is 0 Å². The summed E-state index contributed by atoms with van der Waals surface area (Å²) in [6.07, 6.45) is 9.79. The monoisotopic (exact) mass is 456 g/mol. The molecule has 4 aromatic rings. The molecule has 6 rings (SSSR count). The van der Waals surface area contributed by atoms with E-state index >= 15 is 0 Å². The normalized spacial score (nSPS) is 17.0. The highest BCUT2D eigenvalue weighted by Crippen LogP contribution is 2.55. The zero-order valence-electron chi connectivity index (χ0n) is 18.3. The smallest absolute Gasteiger partial charge is 0.253 e. The van der Waals surface area contributed by atoms with Crippen LogP contribution in [0, 0.1) is 5.41 Å². The van der Waals surface area contributed by atoms with Crippen molar-refractivity contribution in [1.82, 2.24) is 20.1 Å². The lowest BCUT2D eigenvalue weighted by Crippen LogP contribution is -2.53. The summed E-state index contributed by atoms with van der Waals surface area (Å²) < 4.78 is 1.85. The molecule has 2 fully saturated rings. The number of fused-ring (bicyclic) bond motifs is 1. The molecule has 1 N–H and O–H groups in total. The van der Waals surface area contributed by atoms with Gasteiger partial charge in [0.15, 0.2) is 0 Å². The lowest BCUT2D eigenvalue weighted by molar-refractivity contribution is -0.000604. The average molecular weight is 457 g/mol. The molecule has 0 aliphatic heterocycles. The van der Waals surface area contributed by atoms with E-state index in [4.69, 9.17) is 11.6 Å². The summed E-state index contributed by atoms with van der Waals surface area (Å²) in [6.45, 7) is 0.479. The fourth-order valence-electron chi connectivity index (χ4n) is 5.40. The third kappa shape index (κ3) is 3.80. The molecule has 1 amide bonds. The van der Waals surface area contributed by atoms with Gasteiger partial charge in [-0.2, -0.15) is 5.10 Å². The van der Waals surface area contributed by atoms with Crippen molar-refractivity contribution in [2.75, 3.05) is 0 Å². The van der Waals surface area contributed by atoms with Crippen molar-refractivity contribution < 1.29 is 4.79 Å². The predicted molar refractivity (Wildman–Crippen MR) is 130 cm³/mol. The van der Waals surface area contributed by atoms with E-state index in [0.717, 1.165) is 40.6 Å².